The van der Waals surface area contributed by atoms with Crippen LogP contribution in [-0.4, -0.2) is 12.0 Å². The molecule has 0 aliphatic rings. The fraction of sp³-hybridized carbons (Fsp3) is 0.267. The van der Waals surface area contributed by atoms with E-state index in [2.05, 4.69) is 9.88 Å². The van der Waals surface area contributed by atoms with Crippen LogP contribution >= 0.6 is 11.6 Å². The Morgan fingerprint density at radius 3 is 2.53 bits per heavy atom. The quantitative estimate of drug-likeness (QED) is 0.932. The highest BCUT2D eigenvalue weighted by Crippen LogP contribution is 2.20. The van der Waals surface area contributed by atoms with Gasteiger partial charge in [0.25, 0.3) is 0 Å². The molecule has 0 radical (unpaired) electrons. The number of rotatable bonds is 4. The molecule has 3 nitrogen and oxygen atoms in total. The first-order valence-corrected chi connectivity index (χ1v) is 6.60. The second-order valence-corrected chi connectivity index (χ2v) is 4.97. The van der Waals surface area contributed by atoms with Crippen molar-refractivity contribution < 1.29 is 0 Å². The molecule has 1 heterocycles. The number of halogens is 1. The van der Waals surface area contributed by atoms with Crippen LogP contribution in [0.2, 0.25) is 5.02 Å². The fourth-order valence-corrected chi connectivity index (χ4v) is 2.16. The van der Waals surface area contributed by atoms with Crippen molar-refractivity contribution in [2.45, 2.75) is 20.0 Å². The summed E-state index contributed by atoms with van der Waals surface area (Å²) in [5.41, 5.74) is 8.80. The first-order chi connectivity index (χ1) is 9.11. The van der Waals surface area contributed by atoms with Crippen LogP contribution in [0.3, 0.4) is 0 Å². The van der Waals surface area contributed by atoms with Crippen molar-refractivity contribution >= 4 is 17.4 Å². The van der Waals surface area contributed by atoms with Gasteiger partial charge in [-0.2, -0.15) is 0 Å². The number of hydrogen-bond acceptors (Lipinski definition) is 3. The lowest BCUT2D eigenvalue weighted by atomic mass is 10.2. The monoisotopic (exact) mass is 275 g/mol. The lowest BCUT2D eigenvalue weighted by Crippen LogP contribution is -2.18. The Labute approximate surface area is 119 Å². The predicted molar refractivity (Wildman–Crippen MR) is 80.4 cm³/mol. The highest BCUT2D eigenvalue weighted by Gasteiger charge is 2.07. The zero-order valence-corrected chi connectivity index (χ0v) is 12.0. The number of aromatic nitrogens is 1. The van der Waals surface area contributed by atoms with Gasteiger partial charge in [0.15, 0.2) is 0 Å². The number of nitrogens with zero attached hydrogens (tertiary/aromatic N) is 2. The van der Waals surface area contributed by atoms with Crippen LogP contribution in [0.15, 0.2) is 36.4 Å². The van der Waals surface area contributed by atoms with Crippen LogP contribution < -0.4 is 10.6 Å². The Morgan fingerprint density at radius 2 is 1.89 bits per heavy atom. The predicted octanol–water partition coefficient (Wildman–Crippen LogP) is 3.14. The highest BCUT2D eigenvalue weighted by molar-refractivity contribution is 6.31. The fourth-order valence-electron chi connectivity index (χ4n) is 1.97. The van der Waals surface area contributed by atoms with Crippen LogP contribution in [-0.2, 0) is 13.1 Å². The van der Waals surface area contributed by atoms with Crippen LogP contribution in [0.1, 0.15) is 16.8 Å². The molecule has 100 valence electrons. The summed E-state index contributed by atoms with van der Waals surface area (Å²) in [7, 11) is 2.01. The van der Waals surface area contributed by atoms with Crippen LogP contribution in [0.25, 0.3) is 0 Å². The van der Waals surface area contributed by atoms with E-state index in [9.17, 15) is 0 Å². The Hall–Kier alpha value is -1.58. The molecule has 1 aromatic carbocycles. The molecular formula is C15H18ClN3. The van der Waals surface area contributed by atoms with Gasteiger partial charge in [0, 0.05) is 30.9 Å². The molecule has 0 amide bonds. The minimum absolute atomic E-state index is 0.521. The molecule has 0 aliphatic heterocycles. The van der Waals surface area contributed by atoms with E-state index < -0.39 is 0 Å². The van der Waals surface area contributed by atoms with Gasteiger partial charge in [0.2, 0.25) is 0 Å². The van der Waals surface area contributed by atoms with Crippen LogP contribution in [0.5, 0.6) is 0 Å². The summed E-state index contributed by atoms with van der Waals surface area (Å²) in [5, 5.41) is 0.782. The minimum Gasteiger partial charge on any atom is -0.355 e. The third-order valence-corrected chi connectivity index (χ3v) is 3.53. The van der Waals surface area contributed by atoms with Gasteiger partial charge in [-0.1, -0.05) is 35.9 Å². The number of anilines is 1. The van der Waals surface area contributed by atoms with Crippen molar-refractivity contribution in [2.75, 3.05) is 11.9 Å². The van der Waals surface area contributed by atoms with Crippen molar-refractivity contribution in [1.82, 2.24) is 4.98 Å². The Kier molecular flexibility index (Phi) is 4.40. The number of hydrogen-bond donors (Lipinski definition) is 1. The Morgan fingerprint density at radius 1 is 1.16 bits per heavy atom. The van der Waals surface area contributed by atoms with E-state index in [0.717, 1.165) is 34.2 Å². The van der Waals surface area contributed by atoms with E-state index in [-0.39, 0.29) is 0 Å². The van der Waals surface area contributed by atoms with Gasteiger partial charge < -0.3 is 10.6 Å². The van der Waals surface area contributed by atoms with E-state index in [1.54, 1.807) is 0 Å². The van der Waals surface area contributed by atoms with Crippen molar-refractivity contribution in [3.63, 3.8) is 0 Å². The van der Waals surface area contributed by atoms with Gasteiger partial charge in [0.05, 0.1) is 0 Å². The number of aryl methyl sites for hydroxylation is 1. The molecular weight excluding hydrogens is 258 g/mol. The molecule has 0 atom stereocenters. The third kappa shape index (κ3) is 3.25. The standard InChI is InChI=1S/C15H18ClN3/c1-11-12(9-17)7-8-15(18-11)19(2)10-13-5-3-4-6-14(13)16/h3-8H,9-10,17H2,1-2H3. The van der Waals surface area contributed by atoms with E-state index in [1.165, 1.54) is 0 Å². The maximum atomic E-state index is 6.17. The molecule has 19 heavy (non-hydrogen) atoms. The maximum absolute atomic E-state index is 6.17. The van der Waals surface area contributed by atoms with Gasteiger partial charge in [-0.15, -0.1) is 0 Å². The van der Waals surface area contributed by atoms with E-state index >= 15 is 0 Å². The molecule has 0 saturated heterocycles. The van der Waals surface area contributed by atoms with Crippen molar-refractivity contribution in [3.8, 4) is 0 Å². The smallest absolute Gasteiger partial charge is 0.128 e. The zero-order valence-electron chi connectivity index (χ0n) is 11.2. The normalized spacial score (nSPS) is 10.5. The largest absolute Gasteiger partial charge is 0.355 e. The summed E-state index contributed by atoms with van der Waals surface area (Å²) in [6.07, 6.45) is 0. The lowest BCUT2D eigenvalue weighted by molar-refractivity contribution is 0.884. The van der Waals surface area contributed by atoms with Gasteiger partial charge in [-0.05, 0) is 30.2 Å². The Balaban J connectivity index is 2.18. The first kappa shape index (κ1) is 13.8. The Bertz CT molecular complexity index is 569. The summed E-state index contributed by atoms with van der Waals surface area (Å²) in [6.45, 7) is 3.23. The second kappa shape index (κ2) is 6.04. The molecule has 1 aromatic heterocycles. The number of benzene rings is 1. The van der Waals surface area contributed by atoms with Gasteiger partial charge in [0.1, 0.15) is 5.82 Å². The maximum Gasteiger partial charge on any atom is 0.128 e. The van der Waals surface area contributed by atoms with Gasteiger partial charge in [-0.3, -0.25) is 0 Å². The van der Waals surface area contributed by atoms with Crippen molar-refractivity contribution in [3.05, 3.63) is 58.2 Å². The van der Waals surface area contributed by atoms with E-state index in [0.29, 0.717) is 6.54 Å². The second-order valence-electron chi connectivity index (χ2n) is 4.57. The zero-order chi connectivity index (χ0) is 13.8. The molecule has 0 aliphatic carbocycles. The molecule has 0 bridgehead atoms. The van der Waals surface area contributed by atoms with Crippen LogP contribution in [0, 0.1) is 6.92 Å². The van der Waals surface area contributed by atoms with Crippen molar-refractivity contribution in [2.24, 2.45) is 5.73 Å². The van der Waals surface area contributed by atoms with E-state index in [1.807, 2.05) is 50.4 Å². The van der Waals surface area contributed by atoms with Crippen LogP contribution in [0.4, 0.5) is 5.82 Å². The summed E-state index contributed by atoms with van der Waals surface area (Å²) in [4.78, 5) is 6.65. The molecule has 2 N–H and O–H groups in total. The third-order valence-electron chi connectivity index (χ3n) is 3.16. The lowest BCUT2D eigenvalue weighted by Gasteiger charge is -2.20. The molecule has 4 heteroatoms. The summed E-state index contributed by atoms with van der Waals surface area (Å²) in [5.74, 6) is 0.926. The van der Waals surface area contributed by atoms with Crippen molar-refractivity contribution in [1.29, 1.82) is 0 Å². The molecule has 0 fully saturated rings. The van der Waals surface area contributed by atoms with Gasteiger partial charge >= 0.3 is 0 Å². The highest BCUT2D eigenvalue weighted by atomic mass is 35.5. The minimum atomic E-state index is 0.521. The van der Waals surface area contributed by atoms with E-state index in [4.69, 9.17) is 17.3 Å². The molecule has 0 spiro atoms. The van der Waals surface area contributed by atoms with Gasteiger partial charge in [-0.25, -0.2) is 4.98 Å². The number of nitrogens with two attached hydrogens (primary N) is 1. The molecule has 0 unspecified atom stereocenters. The SMILES string of the molecule is Cc1nc(N(C)Cc2ccccc2Cl)ccc1CN. The summed E-state index contributed by atoms with van der Waals surface area (Å²) in [6, 6.07) is 11.9. The average molecular weight is 276 g/mol. The molecule has 0 saturated carbocycles. The average Bonchev–Trinajstić information content (AvgIpc) is 2.41. The summed E-state index contributed by atoms with van der Waals surface area (Å²) < 4.78 is 0. The number of pyridine rings is 1. The first-order valence-electron chi connectivity index (χ1n) is 6.23. The topological polar surface area (TPSA) is 42.2 Å². The molecule has 2 rings (SSSR count). The summed E-state index contributed by atoms with van der Waals surface area (Å²) >= 11 is 6.17. The molecule has 2 aromatic rings.